The summed E-state index contributed by atoms with van der Waals surface area (Å²) in [5.74, 6) is 0.0635. The summed E-state index contributed by atoms with van der Waals surface area (Å²) in [5, 5.41) is 7.46. The van der Waals surface area contributed by atoms with Gasteiger partial charge in [-0.15, -0.1) is 0 Å². The van der Waals surface area contributed by atoms with E-state index in [4.69, 9.17) is 0 Å². The number of nitrogens with zero attached hydrogens (tertiary/aromatic N) is 3. The molecule has 2 heterocycles. The van der Waals surface area contributed by atoms with E-state index in [1.807, 2.05) is 25.6 Å². The van der Waals surface area contributed by atoms with Gasteiger partial charge in [0.25, 0.3) is 0 Å². The number of hydrogen-bond donors (Lipinski definition) is 1. The zero-order chi connectivity index (χ0) is 17.3. The predicted molar refractivity (Wildman–Crippen MR) is 96.3 cm³/mol. The first-order valence-corrected chi connectivity index (χ1v) is 8.57. The second-order valence-corrected chi connectivity index (χ2v) is 6.67. The molecule has 1 unspecified atom stereocenters. The fraction of sp³-hybridized carbons (Fsp3) is 0.474. The summed E-state index contributed by atoms with van der Waals surface area (Å²) in [6.07, 6.45) is 1.48. The fourth-order valence-electron chi connectivity index (χ4n) is 3.49. The molecule has 3 rings (SSSR count). The van der Waals surface area contributed by atoms with E-state index in [1.165, 1.54) is 11.3 Å². The summed E-state index contributed by atoms with van der Waals surface area (Å²) in [5.41, 5.74) is 5.74. The Kier molecular flexibility index (Phi) is 4.60. The molecule has 5 heteroatoms. The Labute approximate surface area is 143 Å². The highest BCUT2D eigenvalue weighted by molar-refractivity contribution is 5.79. The Bertz CT molecular complexity index is 750. The van der Waals surface area contributed by atoms with E-state index in [1.54, 1.807) is 0 Å². The molecule has 24 heavy (non-hydrogen) atoms. The molecule has 0 radical (unpaired) electrons. The molecule has 128 valence electrons. The van der Waals surface area contributed by atoms with Gasteiger partial charge >= 0.3 is 0 Å². The minimum Gasteiger partial charge on any atom is -0.366 e. The van der Waals surface area contributed by atoms with Gasteiger partial charge in [-0.25, -0.2) is 0 Å². The quantitative estimate of drug-likeness (QED) is 0.916. The van der Waals surface area contributed by atoms with Crippen LogP contribution in [-0.2, 0) is 24.7 Å². The monoisotopic (exact) mass is 326 g/mol. The SMILES string of the molecule is Cc1nn(C)c(C)c1CC(=O)NCC(C)N1CCc2ccccc21. The maximum absolute atomic E-state index is 12.3. The van der Waals surface area contributed by atoms with Crippen molar-refractivity contribution in [1.29, 1.82) is 0 Å². The number of benzene rings is 1. The molecule has 1 aromatic carbocycles. The van der Waals surface area contributed by atoms with Crippen molar-refractivity contribution in [2.75, 3.05) is 18.0 Å². The minimum absolute atomic E-state index is 0.0635. The van der Waals surface area contributed by atoms with Gasteiger partial charge in [-0.3, -0.25) is 9.48 Å². The number of para-hydroxylation sites is 1. The van der Waals surface area contributed by atoms with Crippen molar-refractivity contribution in [3.63, 3.8) is 0 Å². The van der Waals surface area contributed by atoms with Gasteiger partial charge in [0.15, 0.2) is 0 Å². The topological polar surface area (TPSA) is 50.2 Å². The van der Waals surface area contributed by atoms with Crippen molar-refractivity contribution < 1.29 is 4.79 Å². The lowest BCUT2D eigenvalue weighted by Crippen LogP contribution is -2.42. The van der Waals surface area contributed by atoms with Crippen LogP contribution in [0.15, 0.2) is 24.3 Å². The molecular formula is C19H26N4O. The standard InChI is InChI=1S/C19H26N4O/c1-13(23-10-9-16-7-5-6-8-18(16)23)12-20-19(24)11-17-14(2)21-22(4)15(17)3/h5-8,13H,9-12H2,1-4H3,(H,20,24). The molecule has 1 N–H and O–H groups in total. The number of fused-ring (bicyclic) bond motifs is 1. The van der Waals surface area contributed by atoms with Gasteiger partial charge in [0.05, 0.1) is 12.1 Å². The van der Waals surface area contributed by atoms with Crippen molar-refractivity contribution in [1.82, 2.24) is 15.1 Å². The molecule has 1 atom stereocenters. The smallest absolute Gasteiger partial charge is 0.224 e. The molecule has 1 aliphatic heterocycles. The number of anilines is 1. The van der Waals surface area contributed by atoms with E-state index in [2.05, 4.69) is 46.5 Å². The van der Waals surface area contributed by atoms with Crippen molar-refractivity contribution in [3.8, 4) is 0 Å². The Hall–Kier alpha value is -2.30. The Morgan fingerprint density at radius 3 is 2.79 bits per heavy atom. The number of amides is 1. The third-order valence-corrected chi connectivity index (χ3v) is 5.05. The number of rotatable bonds is 5. The van der Waals surface area contributed by atoms with Gasteiger partial charge in [0.1, 0.15) is 0 Å². The number of hydrogen-bond acceptors (Lipinski definition) is 3. The average Bonchev–Trinajstić information content (AvgIpc) is 3.09. The van der Waals surface area contributed by atoms with Crippen molar-refractivity contribution >= 4 is 11.6 Å². The third-order valence-electron chi connectivity index (χ3n) is 5.05. The van der Waals surface area contributed by atoms with E-state index < -0.39 is 0 Å². The molecule has 0 aliphatic carbocycles. The maximum atomic E-state index is 12.3. The first-order chi connectivity index (χ1) is 11.5. The van der Waals surface area contributed by atoms with Crippen LogP contribution in [0.3, 0.4) is 0 Å². The van der Waals surface area contributed by atoms with Crippen LogP contribution in [0.1, 0.15) is 29.4 Å². The predicted octanol–water partition coefficient (Wildman–Crippen LogP) is 2.15. The molecule has 0 bridgehead atoms. The highest BCUT2D eigenvalue weighted by Gasteiger charge is 2.23. The number of carbonyl (C=O) groups is 1. The summed E-state index contributed by atoms with van der Waals surface area (Å²) < 4.78 is 1.84. The molecule has 5 nitrogen and oxygen atoms in total. The fourth-order valence-corrected chi connectivity index (χ4v) is 3.49. The first kappa shape index (κ1) is 16.6. The van der Waals surface area contributed by atoms with Crippen LogP contribution in [0.25, 0.3) is 0 Å². The summed E-state index contributed by atoms with van der Waals surface area (Å²) in [6.45, 7) is 7.82. The van der Waals surface area contributed by atoms with E-state index >= 15 is 0 Å². The molecule has 2 aromatic rings. The van der Waals surface area contributed by atoms with E-state index in [0.29, 0.717) is 13.0 Å². The van der Waals surface area contributed by atoms with Crippen LogP contribution < -0.4 is 10.2 Å². The van der Waals surface area contributed by atoms with E-state index in [0.717, 1.165) is 29.9 Å². The Morgan fingerprint density at radius 2 is 2.08 bits per heavy atom. The van der Waals surface area contributed by atoms with E-state index in [-0.39, 0.29) is 11.9 Å². The molecule has 1 aromatic heterocycles. The zero-order valence-electron chi connectivity index (χ0n) is 15.0. The molecular weight excluding hydrogens is 300 g/mol. The number of carbonyl (C=O) groups excluding carboxylic acids is 1. The molecule has 0 saturated heterocycles. The van der Waals surface area contributed by atoms with Crippen molar-refractivity contribution in [3.05, 3.63) is 46.8 Å². The van der Waals surface area contributed by atoms with Gasteiger partial charge < -0.3 is 10.2 Å². The summed E-state index contributed by atoms with van der Waals surface area (Å²) in [4.78, 5) is 14.7. The van der Waals surface area contributed by atoms with Gasteiger partial charge in [-0.2, -0.15) is 5.10 Å². The van der Waals surface area contributed by atoms with Crippen LogP contribution in [0.2, 0.25) is 0 Å². The summed E-state index contributed by atoms with van der Waals surface area (Å²) in [7, 11) is 1.91. The molecule has 0 saturated carbocycles. The second kappa shape index (κ2) is 6.67. The number of nitrogens with one attached hydrogen (secondary N) is 1. The largest absolute Gasteiger partial charge is 0.366 e. The van der Waals surface area contributed by atoms with Crippen LogP contribution >= 0.6 is 0 Å². The lowest BCUT2D eigenvalue weighted by molar-refractivity contribution is -0.120. The van der Waals surface area contributed by atoms with Crippen LogP contribution in [0.4, 0.5) is 5.69 Å². The van der Waals surface area contributed by atoms with Gasteiger partial charge in [-0.1, -0.05) is 18.2 Å². The normalized spacial score (nSPS) is 14.6. The van der Waals surface area contributed by atoms with Crippen LogP contribution in [0, 0.1) is 13.8 Å². The summed E-state index contributed by atoms with van der Waals surface area (Å²) >= 11 is 0. The van der Waals surface area contributed by atoms with Crippen molar-refractivity contribution in [2.45, 2.75) is 39.7 Å². The molecule has 1 amide bonds. The van der Waals surface area contributed by atoms with Crippen LogP contribution in [0.5, 0.6) is 0 Å². The lowest BCUT2D eigenvalue weighted by Gasteiger charge is -2.27. The Morgan fingerprint density at radius 1 is 1.33 bits per heavy atom. The third kappa shape index (κ3) is 3.16. The highest BCUT2D eigenvalue weighted by Crippen LogP contribution is 2.28. The summed E-state index contributed by atoms with van der Waals surface area (Å²) in [6, 6.07) is 8.81. The second-order valence-electron chi connectivity index (χ2n) is 6.67. The molecule has 1 aliphatic rings. The average molecular weight is 326 g/mol. The minimum atomic E-state index is 0.0635. The lowest BCUT2D eigenvalue weighted by atomic mass is 10.1. The van der Waals surface area contributed by atoms with Gasteiger partial charge in [-0.05, 0) is 38.8 Å². The van der Waals surface area contributed by atoms with Gasteiger partial charge in [0.2, 0.25) is 5.91 Å². The van der Waals surface area contributed by atoms with E-state index in [9.17, 15) is 4.79 Å². The molecule has 0 spiro atoms. The number of aryl methyl sites for hydroxylation is 2. The van der Waals surface area contributed by atoms with Gasteiger partial charge in [0, 0.05) is 43.1 Å². The Balaban J connectivity index is 1.57. The zero-order valence-corrected chi connectivity index (χ0v) is 15.0. The first-order valence-electron chi connectivity index (χ1n) is 8.57. The van der Waals surface area contributed by atoms with Crippen LogP contribution in [-0.4, -0.2) is 34.8 Å². The maximum Gasteiger partial charge on any atom is 0.224 e. The number of aromatic nitrogens is 2. The molecule has 0 fully saturated rings. The van der Waals surface area contributed by atoms with Crippen molar-refractivity contribution in [2.24, 2.45) is 7.05 Å². The highest BCUT2D eigenvalue weighted by atomic mass is 16.1.